The molecule has 268 valence electrons. The van der Waals surface area contributed by atoms with Gasteiger partial charge in [0.05, 0.1) is 23.3 Å². The fourth-order valence-electron chi connectivity index (χ4n) is 7.33. The third kappa shape index (κ3) is 7.25. The van der Waals surface area contributed by atoms with Gasteiger partial charge in [-0.05, 0) is 180 Å². The Hall–Kier alpha value is -7.40. The monoisotopic (exact) mass is 720 g/mol. The molecule has 0 saturated heterocycles. The van der Waals surface area contributed by atoms with E-state index in [0.29, 0.717) is 11.1 Å². The molecule has 0 aliphatic heterocycles. The second-order valence-electron chi connectivity index (χ2n) is 14.5. The molecule has 0 aromatic heterocycles. The smallest absolute Gasteiger partial charge is 0.0991 e. The number of hydrogen-bond donors (Lipinski definition) is 0. The lowest BCUT2D eigenvalue weighted by Gasteiger charge is -2.28. The summed E-state index contributed by atoms with van der Waals surface area (Å²) in [7, 11) is 0. The van der Waals surface area contributed by atoms with Gasteiger partial charge < -0.3 is 9.80 Å². The number of nitrogens with zero attached hydrogens (tertiary/aromatic N) is 4. The zero-order valence-electron chi connectivity index (χ0n) is 32.0. The molecule has 0 fully saturated rings. The van der Waals surface area contributed by atoms with Crippen molar-refractivity contribution in [3.8, 4) is 12.1 Å². The molecule has 4 heteroatoms. The molecule has 0 unspecified atom stereocenters. The van der Waals surface area contributed by atoms with E-state index < -0.39 is 0 Å². The first-order valence-corrected chi connectivity index (χ1v) is 18.8. The van der Waals surface area contributed by atoms with Gasteiger partial charge in [-0.1, -0.05) is 72.8 Å². The molecular formula is C52H40N4. The first-order chi connectivity index (χ1) is 27.3. The highest BCUT2D eigenvalue weighted by molar-refractivity contribution is 5.94. The lowest BCUT2D eigenvalue weighted by Crippen LogP contribution is -2.11. The Morgan fingerprint density at radius 1 is 0.375 bits per heavy atom. The number of fused-ring (bicyclic) bond motifs is 2. The largest absolute Gasteiger partial charge is 0.310 e. The van der Waals surface area contributed by atoms with Crippen LogP contribution in [0.5, 0.6) is 0 Å². The number of anilines is 6. The molecule has 0 aliphatic rings. The fraction of sp³-hybridized carbons (Fsp3) is 0.0769. The molecule has 0 N–H and O–H groups in total. The fourth-order valence-corrected chi connectivity index (χ4v) is 7.33. The van der Waals surface area contributed by atoms with Crippen molar-refractivity contribution in [2.45, 2.75) is 27.7 Å². The van der Waals surface area contributed by atoms with Crippen molar-refractivity contribution in [2.24, 2.45) is 0 Å². The van der Waals surface area contributed by atoms with Crippen LogP contribution in [-0.4, -0.2) is 0 Å². The third-order valence-electron chi connectivity index (χ3n) is 10.4. The number of hydrogen-bond acceptors (Lipinski definition) is 4. The summed E-state index contributed by atoms with van der Waals surface area (Å²) >= 11 is 0. The Bertz CT molecular complexity index is 2670. The third-order valence-corrected chi connectivity index (χ3v) is 10.4. The van der Waals surface area contributed by atoms with Gasteiger partial charge in [0.1, 0.15) is 0 Å². The summed E-state index contributed by atoms with van der Waals surface area (Å²) in [6.07, 6.45) is 4.35. The Morgan fingerprint density at radius 3 is 1.12 bits per heavy atom. The molecule has 56 heavy (non-hydrogen) atoms. The van der Waals surface area contributed by atoms with Gasteiger partial charge >= 0.3 is 0 Å². The topological polar surface area (TPSA) is 54.1 Å². The number of nitriles is 2. The molecule has 0 atom stereocenters. The van der Waals surface area contributed by atoms with Gasteiger partial charge in [-0.15, -0.1) is 0 Å². The van der Waals surface area contributed by atoms with Gasteiger partial charge in [0.2, 0.25) is 0 Å². The Balaban J connectivity index is 1.08. The van der Waals surface area contributed by atoms with E-state index >= 15 is 0 Å². The van der Waals surface area contributed by atoms with Crippen LogP contribution in [0.2, 0.25) is 0 Å². The lowest BCUT2D eigenvalue weighted by atomic mass is 10.0. The van der Waals surface area contributed by atoms with Crippen molar-refractivity contribution in [1.82, 2.24) is 0 Å². The lowest BCUT2D eigenvalue weighted by molar-refractivity contribution is 1.24. The van der Waals surface area contributed by atoms with E-state index in [2.05, 4.69) is 171 Å². The maximum absolute atomic E-state index is 9.41. The zero-order valence-corrected chi connectivity index (χ0v) is 32.0. The van der Waals surface area contributed by atoms with Gasteiger partial charge in [0, 0.05) is 34.1 Å². The van der Waals surface area contributed by atoms with E-state index in [0.717, 1.165) is 56.0 Å². The zero-order chi connectivity index (χ0) is 38.8. The molecule has 8 rings (SSSR count). The predicted molar refractivity (Wildman–Crippen MR) is 235 cm³/mol. The number of rotatable bonds is 8. The van der Waals surface area contributed by atoms with Gasteiger partial charge in [-0.25, -0.2) is 0 Å². The van der Waals surface area contributed by atoms with Crippen LogP contribution in [0.4, 0.5) is 34.1 Å². The first-order valence-electron chi connectivity index (χ1n) is 18.8. The normalized spacial score (nSPS) is 11.1. The van der Waals surface area contributed by atoms with Crippen molar-refractivity contribution < 1.29 is 0 Å². The summed E-state index contributed by atoms with van der Waals surface area (Å²) < 4.78 is 0. The number of aryl methyl sites for hydroxylation is 4. The number of benzene rings is 8. The summed E-state index contributed by atoms with van der Waals surface area (Å²) in [6, 6.07) is 59.5. The average Bonchev–Trinajstić information content (AvgIpc) is 3.23. The minimum Gasteiger partial charge on any atom is -0.310 e. The van der Waals surface area contributed by atoms with Gasteiger partial charge in [0.25, 0.3) is 0 Å². The van der Waals surface area contributed by atoms with Crippen LogP contribution in [-0.2, 0) is 0 Å². The van der Waals surface area contributed by atoms with Gasteiger partial charge in [-0.2, -0.15) is 10.5 Å². The van der Waals surface area contributed by atoms with Crippen molar-refractivity contribution in [3.05, 3.63) is 202 Å². The summed E-state index contributed by atoms with van der Waals surface area (Å²) in [4.78, 5) is 4.54. The SMILES string of the molecule is Cc1ccc(C)c(N(c2ccc(C#N)cc2)c2ccc3cc(/C=C/c4ccc5cc(N(c6ccc(C#N)cc6)c6cc(C)ccc6C)ccc5c4)ccc3c2)c1. The van der Waals surface area contributed by atoms with E-state index in [1.807, 2.05) is 48.5 Å². The van der Waals surface area contributed by atoms with Crippen LogP contribution >= 0.6 is 0 Å². The van der Waals surface area contributed by atoms with Crippen LogP contribution in [0, 0.1) is 50.4 Å². The van der Waals surface area contributed by atoms with Crippen molar-refractivity contribution in [3.63, 3.8) is 0 Å². The van der Waals surface area contributed by atoms with E-state index in [1.54, 1.807) is 0 Å². The standard InChI is InChI=1S/C52H40N4/c1-35-5-7-37(3)51(27-35)55(47-21-13-41(33-53)14-22-47)49-25-19-43-29-39(11-17-45(43)31-49)9-10-40-12-18-46-32-50(26-20-44(46)30-40)56(48-23-15-42(34-54)16-24-48)52-28-36(2)6-8-38(52)4/h5-32H,1-4H3/b10-9+. The van der Waals surface area contributed by atoms with Crippen molar-refractivity contribution >= 4 is 67.8 Å². The van der Waals surface area contributed by atoms with Crippen LogP contribution in [0.3, 0.4) is 0 Å². The molecule has 8 aromatic carbocycles. The molecule has 0 amide bonds. The Labute approximate surface area is 329 Å². The molecule has 0 radical (unpaired) electrons. The summed E-state index contributed by atoms with van der Waals surface area (Å²) in [6.45, 7) is 8.51. The van der Waals surface area contributed by atoms with Crippen LogP contribution < -0.4 is 9.80 Å². The Kier molecular flexibility index (Phi) is 9.64. The van der Waals surface area contributed by atoms with E-state index in [-0.39, 0.29) is 0 Å². The minimum atomic E-state index is 0.642. The minimum absolute atomic E-state index is 0.642. The van der Waals surface area contributed by atoms with E-state index in [9.17, 15) is 10.5 Å². The van der Waals surface area contributed by atoms with Crippen molar-refractivity contribution in [2.75, 3.05) is 9.80 Å². The second-order valence-corrected chi connectivity index (χ2v) is 14.5. The summed E-state index contributed by atoms with van der Waals surface area (Å²) in [5.74, 6) is 0. The second kappa shape index (κ2) is 15.2. The maximum atomic E-state index is 9.41. The molecule has 0 spiro atoms. The summed E-state index contributed by atoms with van der Waals surface area (Å²) in [5, 5.41) is 23.5. The first kappa shape index (κ1) is 35.6. The highest BCUT2D eigenvalue weighted by atomic mass is 15.1. The van der Waals surface area contributed by atoms with Crippen LogP contribution in [0.1, 0.15) is 44.5 Å². The maximum Gasteiger partial charge on any atom is 0.0991 e. The molecule has 4 nitrogen and oxygen atoms in total. The van der Waals surface area contributed by atoms with Crippen molar-refractivity contribution in [1.29, 1.82) is 10.5 Å². The summed E-state index contributed by atoms with van der Waals surface area (Å²) in [5.41, 5.74) is 14.7. The molecule has 0 saturated carbocycles. The molecule has 0 aliphatic carbocycles. The highest BCUT2D eigenvalue weighted by Crippen LogP contribution is 2.40. The van der Waals surface area contributed by atoms with E-state index in [4.69, 9.17) is 0 Å². The quantitative estimate of drug-likeness (QED) is 0.147. The molecular weight excluding hydrogens is 681 g/mol. The predicted octanol–water partition coefficient (Wildman–Crippen LogP) is 14.1. The Morgan fingerprint density at radius 2 is 0.732 bits per heavy atom. The molecule has 0 heterocycles. The van der Waals surface area contributed by atoms with Gasteiger partial charge in [-0.3, -0.25) is 0 Å². The van der Waals surface area contributed by atoms with Gasteiger partial charge in [0.15, 0.2) is 0 Å². The average molecular weight is 721 g/mol. The van der Waals surface area contributed by atoms with E-state index in [1.165, 1.54) is 33.0 Å². The van der Waals surface area contributed by atoms with Crippen LogP contribution in [0.25, 0.3) is 33.7 Å². The molecule has 8 aromatic rings. The van der Waals surface area contributed by atoms with Crippen LogP contribution in [0.15, 0.2) is 158 Å². The highest BCUT2D eigenvalue weighted by Gasteiger charge is 2.17. The molecule has 0 bridgehead atoms.